The molecular formula is C20H21ClN2O4. The highest BCUT2D eigenvalue weighted by atomic mass is 35.5. The van der Waals surface area contributed by atoms with E-state index in [0.717, 1.165) is 17.5 Å². The Morgan fingerprint density at radius 3 is 2.44 bits per heavy atom. The van der Waals surface area contributed by atoms with E-state index in [4.69, 9.17) is 21.1 Å². The van der Waals surface area contributed by atoms with Gasteiger partial charge >= 0.3 is 0 Å². The van der Waals surface area contributed by atoms with E-state index in [1.165, 1.54) is 6.92 Å². The first-order valence-corrected chi connectivity index (χ1v) is 9.10. The predicted octanol–water partition coefficient (Wildman–Crippen LogP) is 3.07. The molecule has 0 fully saturated rings. The van der Waals surface area contributed by atoms with Crippen molar-refractivity contribution in [2.75, 3.05) is 13.2 Å². The van der Waals surface area contributed by atoms with Gasteiger partial charge in [-0.3, -0.25) is 9.59 Å². The molecule has 2 aromatic rings. The van der Waals surface area contributed by atoms with E-state index in [0.29, 0.717) is 48.4 Å². The molecule has 0 spiro atoms. The summed E-state index contributed by atoms with van der Waals surface area (Å²) in [7, 11) is 0. The van der Waals surface area contributed by atoms with Crippen LogP contribution in [0, 0.1) is 0 Å². The van der Waals surface area contributed by atoms with Crippen molar-refractivity contribution in [3.05, 3.63) is 58.1 Å². The van der Waals surface area contributed by atoms with Crippen LogP contribution in [0.4, 0.5) is 0 Å². The molecule has 0 radical (unpaired) electrons. The fraction of sp³-hybridized carbons (Fsp3) is 0.300. The number of nitrogens with one attached hydrogen (secondary N) is 2. The topological polar surface area (TPSA) is 76.7 Å². The van der Waals surface area contributed by atoms with E-state index in [1.807, 2.05) is 18.2 Å². The maximum absolute atomic E-state index is 12.4. The lowest BCUT2D eigenvalue weighted by Gasteiger charge is -2.12. The van der Waals surface area contributed by atoms with E-state index in [9.17, 15) is 9.59 Å². The van der Waals surface area contributed by atoms with Crippen LogP contribution in [0.25, 0.3) is 0 Å². The summed E-state index contributed by atoms with van der Waals surface area (Å²) in [6.07, 6.45) is 0.801. The monoisotopic (exact) mass is 388 g/mol. The number of ether oxygens (including phenoxy) is 2. The van der Waals surface area contributed by atoms with Crippen molar-refractivity contribution < 1.29 is 19.1 Å². The van der Waals surface area contributed by atoms with Crippen LogP contribution in [0.2, 0.25) is 5.02 Å². The number of carbonyl (C=O) groups is 2. The number of hydrogen-bond donors (Lipinski definition) is 2. The van der Waals surface area contributed by atoms with Crippen LogP contribution >= 0.6 is 11.6 Å². The van der Waals surface area contributed by atoms with Crippen LogP contribution in [-0.4, -0.2) is 25.0 Å². The van der Waals surface area contributed by atoms with Crippen molar-refractivity contribution in [2.45, 2.75) is 26.4 Å². The first-order chi connectivity index (χ1) is 13.0. The number of hydrogen-bond acceptors (Lipinski definition) is 4. The molecule has 0 saturated heterocycles. The molecule has 2 N–H and O–H groups in total. The summed E-state index contributed by atoms with van der Waals surface area (Å²) in [5.74, 6) is 0.875. The third-order valence-corrected chi connectivity index (χ3v) is 4.35. The van der Waals surface area contributed by atoms with Gasteiger partial charge in [-0.1, -0.05) is 23.7 Å². The van der Waals surface area contributed by atoms with Gasteiger partial charge in [0.15, 0.2) is 11.5 Å². The quantitative estimate of drug-likeness (QED) is 0.825. The van der Waals surface area contributed by atoms with Crippen molar-refractivity contribution >= 4 is 23.4 Å². The Hall–Kier alpha value is -2.73. The van der Waals surface area contributed by atoms with Crippen LogP contribution < -0.4 is 20.1 Å². The Kier molecular flexibility index (Phi) is 6.19. The third-order valence-electron chi connectivity index (χ3n) is 4.07. The first-order valence-electron chi connectivity index (χ1n) is 8.72. The van der Waals surface area contributed by atoms with E-state index in [1.54, 1.807) is 18.2 Å². The third kappa shape index (κ3) is 5.14. The molecule has 27 heavy (non-hydrogen) atoms. The molecule has 1 aliphatic heterocycles. The summed E-state index contributed by atoms with van der Waals surface area (Å²) < 4.78 is 11.3. The van der Waals surface area contributed by atoms with Crippen LogP contribution in [0.15, 0.2) is 36.4 Å². The van der Waals surface area contributed by atoms with Gasteiger partial charge in [0.05, 0.1) is 18.2 Å². The molecule has 2 amide bonds. The molecule has 0 aromatic heterocycles. The molecule has 0 aliphatic carbocycles. The number of halogens is 1. The summed E-state index contributed by atoms with van der Waals surface area (Å²) in [5.41, 5.74) is 2.30. The van der Waals surface area contributed by atoms with E-state index in [-0.39, 0.29) is 11.8 Å². The second-order valence-corrected chi connectivity index (χ2v) is 6.65. The lowest BCUT2D eigenvalue weighted by Crippen LogP contribution is -2.23. The predicted molar refractivity (Wildman–Crippen MR) is 102 cm³/mol. The summed E-state index contributed by atoms with van der Waals surface area (Å²) in [6, 6.07) is 10.7. The van der Waals surface area contributed by atoms with Crippen LogP contribution in [0.1, 0.15) is 34.8 Å². The number of carbonyl (C=O) groups excluding carboxylic acids is 2. The van der Waals surface area contributed by atoms with Gasteiger partial charge in [0.2, 0.25) is 5.91 Å². The second kappa shape index (κ2) is 8.77. The molecule has 1 aliphatic rings. The molecule has 2 aromatic carbocycles. The Morgan fingerprint density at radius 1 is 1.00 bits per heavy atom. The van der Waals surface area contributed by atoms with Crippen LogP contribution in [-0.2, 0) is 17.9 Å². The number of fused-ring (bicyclic) bond motifs is 1. The zero-order chi connectivity index (χ0) is 19.2. The van der Waals surface area contributed by atoms with Crippen molar-refractivity contribution in [1.82, 2.24) is 10.6 Å². The van der Waals surface area contributed by atoms with Gasteiger partial charge in [-0.05, 0) is 35.4 Å². The minimum atomic E-state index is -0.190. The maximum Gasteiger partial charge on any atom is 0.251 e. The molecular weight excluding hydrogens is 368 g/mol. The average molecular weight is 389 g/mol. The lowest BCUT2D eigenvalue weighted by atomic mass is 10.1. The Bertz CT molecular complexity index is 837. The fourth-order valence-electron chi connectivity index (χ4n) is 2.67. The zero-order valence-corrected chi connectivity index (χ0v) is 15.8. The first kappa shape index (κ1) is 19.0. The van der Waals surface area contributed by atoms with Crippen molar-refractivity contribution in [3.63, 3.8) is 0 Å². The molecule has 1 heterocycles. The molecule has 142 valence electrons. The Balaban J connectivity index is 1.61. The highest BCUT2D eigenvalue weighted by Crippen LogP contribution is 2.37. The molecule has 7 heteroatoms. The van der Waals surface area contributed by atoms with Crippen molar-refractivity contribution in [2.24, 2.45) is 0 Å². The summed E-state index contributed by atoms with van der Waals surface area (Å²) >= 11 is 6.27. The summed E-state index contributed by atoms with van der Waals surface area (Å²) in [5, 5.41) is 6.06. The minimum Gasteiger partial charge on any atom is -0.489 e. The SMILES string of the molecule is CC(=O)NCc1ccc(C(=O)NCc2cc(Cl)c3c(c2)OCCCO3)cc1. The normalized spacial score (nSPS) is 12.8. The minimum absolute atomic E-state index is 0.0920. The number of rotatable bonds is 5. The summed E-state index contributed by atoms with van der Waals surface area (Å²) in [6.45, 7) is 3.37. The van der Waals surface area contributed by atoms with E-state index < -0.39 is 0 Å². The second-order valence-electron chi connectivity index (χ2n) is 6.24. The maximum atomic E-state index is 12.4. The van der Waals surface area contributed by atoms with Crippen molar-refractivity contribution in [1.29, 1.82) is 0 Å². The van der Waals surface area contributed by atoms with Crippen LogP contribution in [0.5, 0.6) is 11.5 Å². The zero-order valence-electron chi connectivity index (χ0n) is 15.0. The lowest BCUT2D eigenvalue weighted by molar-refractivity contribution is -0.119. The number of amides is 2. The molecule has 0 atom stereocenters. The standard InChI is InChI=1S/C20H21ClN2O4/c1-13(24)22-11-14-3-5-16(6-4-14)20(25)23-12-15-9-17(21)19-18(10-15)26-7-2-8-27-19/h3-6,9-10H,2,7-8,11-12H2,1H3,(H,22,24)(H,23,25). The smallest absolute Gasteiger partial charge is 0.251 e. The molecule has 0 unspecified atom stereocenters. The van der Waals surface area contributed by atoms with Gasteiger partial charge in [-0.25, -0.2) is 0 Å². The van der Waals surface area contributed by atoms with Gasteiger partial charge in [-0.15, -0.1) is 0 Å². The summed E-state index contributed by atoms with van der Waals surface area (Å²) in [4.78, 5) is 23.3. The van der Waals surface area contributed by atoms with E-state index >= 15 is 0 Å². The highest BCUT2D eigenvalue weighted by molar-refractivity contribution is 6.32. The van der Waals surface area contributed by atoms with Gasteiger partial charge in [0.1, 0.15) is 0 Å². The highest BCUT2D eigenvalue weighted by Gasteiger charge is 2.16. The molecule has 0 saturated carbocycles. The van der Waals surface area contributed by atoms with E-state index in [2.05, 4.69) is 10.6 Å². The Morgan fingerprint density at radius 2 is 1.70 bits per heavy atom. The molecule has 6 nitrogen and oxygen atoms in total. The molecule has 3 rings (SSSR count). The molecule has 0 bridgehead atoms. The fourth-order valence-corrected chi connectivity index (χ4v) is 2.96. The number of benzene rings is 2. The van der Waals surface area contributed by atoms with Gasteiger partial charge < -0.3 is 20.1 Å². The van der Waals surface area contributed by atoms with Gasteiger partial charge in [-0.2, -0.15) is 0 Å². The van der Waals surface area contributed by atoms with Crippen molar-refractivity contribution in [3.8, 4) is 11.5 Å². The Labute approximate surface area is 162 Å². The van der Waals surface area contributed by atoms with Gasteiger partial charge in [0, 0.05) is 32.0 Å². The largest absolute Gasteiger partial charge is 0.489 e. The van der Waals surface area contributed by atoms with Crippen LogP contribution in [0.3, 0.4) is 0 Å². The van der Waals surface area contributed by atoms with Gasteiger partial charge in [0.25, 0.3) is 5.91 Å². The average Bonchev–Trinajstić information content (AvgIpc) is 2.91.